The van der Waals surface area contributed by atoms with Gasteiger partial charge in [0.2, 0.25) is 0 Å². The molecule has 82 valence electrons. The zero-order chi connectivity index (χ0) is 12.1. The van der Waals surface area contributed by atoms with Gasteiger partial charge in [-0.3, -0.25) is 4.79 Å². The number of hydrogen-bond donors (Lipinski definition) is 1. The SMILES string of the molecule is CNC(=O)/C(C#N)=C/c1cccc(Cl)c1Cl. The van der Waals surface area contributed by atoms with Crippen LogP contribution in [-0.2, 0) is 4.79 Å². The quantitative estimate of drug-likeness (QED) is 0.652. The van der Waals surface area contributed by atoms with Gasteiger partial charge < -0.3 is 5.32 Å². The molecular formula is C11H8Cl2N2O. The molecular weight excluding hydrogens is 247 g/mol. The van der Waals surface area contributed by atoms with E-state index in [9.17, 15) is 4.79 Å². The Morgan fingerprint density at radius 1 is 1.50 bits per heavy atom. The summed E-state index contributed by atoms with van der Waals surface area (Å²) in [5.74, 6) is -0.460. The molecule has 1 aromatic rings. The van der Waals surface area contributed by atoms with Crippen molar-refractivity contribution >= 4 is 35.2 Å². The van der Waals surface area contributed by atoms with Crippen molar-refractivity contribution < 1.29 is 4.79 Å². The third kappa shape index (κ3) is 2.75. The van der Waals surface area contributed by atoms with Crippen molar-refractivity contribution in [3.63, 3.8) is 0 Å². The third-order valence-electron chi connectivity index (χ3n) is 1.87. The summed E-state index contributed by atoms with van der Waals surface area (Å²) in [7, 11) is 1.45. The molecule has 0 atom stereocenters. The van der Waals surface area contributed by atoms with Crippen molar-refractivity contribution in [1.82, 2.24) is 5.32 Å². The maximum Gasteiger partial charge on any atom is 0.261 e. The van der Waals surface area contributed by atoms with Gasteiger partial charge in [-0.1, -0.05) is 35.3 Å². The van der Waals surface area contributed by atoms with Crippen molar-refractivity contribution in [1.29, 1.82) is 5.26 Å². The molecule has 0 saturated heterocycles. The number of carbonyl (C=O) groups is 1. The lowest BCUT2D eigenvalue weighted by Gasteiger charge is -2.01. The minimum absolute atomic E-state index is 0.0216. The normalized spacial score (nSPS) is 10.8. The van der Waals surface area contributed by atoms with E-state index in [0.29, 0.717) is 15.6 Å². The van der Waals surface area contributed by atoms with Gasteiger partial charge >= 0.3 is 0 Å². The van der Waals surface area contributed by atoms with E-state index in [-0.39, 0.29) is 5.57 Å². The molecule has 1 aromatic carbocycles. The number of benzene rings is 1. The van der Waals surface area contributed by atoms with Crippen LogP contribution in [0.15, 0.2) is 23.8 Å². The summed E-state index contributed by atoms with van der Waals surface area (Å²) < 4.78 is 0. The van der Waals surface area contributed by atoms with E-state index in [1.165, 1.54) is 13.1 Å². The fraction of sp³-hybridized carbons (Fsp3) is 0.0909. The number of nitrogens with one attached hydrogen (secondary N) is 1. The zero-order valence-corrected chi connectivity index (χ0v) is 9.93. The maximum atomic E-state index is 11.3. The predicted molar refractivity (Wildman–Crippen MR) is 64.1 cm³/mol. The van der Waals surface area contributed by atoms with Crippen molar-refractivity contribution in [3.8, 4) is 6.07 Å². The Morgan fingerprint density at radius 3 is 2.75 bits per heavy atom. The molecule has 0 unspecified atom stereocenters. The zero-order valence-electron chi connectivity index (χ0n) is 8.42. The first-order valence-corrected chi connectivity index (χ1v) is 5.13. The molecule has 0 aromatic heterocycles. The molecule has 1 amide bonds. The molecule has 0 bridgehead atoms. The molecule has 1 N–H and O–H groups in total. The van der Waals surface area contributed by atoms with Crippen molar-refractivity contribution in [2.45, 2.75) is 0 Å². The van der Waals surface area contributed by atoms with Crippen LogP contribution in [-0.4, -0.2) is 13.0 Å². The first-order valence-electron chi connectivity index (χ1n) is 4.38. The van der Waals surface area contributed by atoms with Crippen LogP contribution < -0.4 is 5.32 Å². The Labute approximate surface area is 103 Å². The van der Waals surface area contributed by atoms with E-state index in [2.05, 4.69) is 5.32 Å². The highest BCUT2D eigenvalue weighted by atomic mass is 35.5. The molecule has 0 spiro atoms. The van der Waals surface area contributed by atoms with Gasteiger partial charge in [-0.2, -0.15) is 5.26 Å². The van der Waals surface area contributed by atoms with E-state index in [4.69, 9.17) is 28.5 Å². The first-order chi connectivity index (χ1) is 7.60. The molecule has 0 radical (unpaired) electrons. The van der Waals surface area contributed by atoms with Crippen LogP contribution in [0.4, 0.5) is 0 Å². The molecule has 0 aliphatic heterocycles. The molecule has 3 nitrogen and oxygen atoms in total. The predicted octanol–water partition coefficient (Wildman–Crippen LogP) is 2.65. The van der Waals surface area contributed by atoms with Crippen molar-refractivity contribution in [2.24, 2.45) is 0 Å². The minimum atomic E-state index is -0.460. The summed E-state index contributed by atoms with van der Waals surface area (Å²) in [4.78, 5) is 11.3. The molecule has 0 aliphatic rings. The van der Waals surface area contributed by atoms with Crippen LogP contribution in [0, 0.1) is 11.3 Å². The highest BCUT2D eigenvalue weighted by Gasteiger charge is 2.08. The van der Waals surface area contributed by atoms with Gasteiger partial charge in [-0.05, 0) is 17.7 Å². The van der Waals surface area contributed by atoms with Gasteiger partial charge in [-0.25, -0.2) is 0 Å². The Bertz CT molecular complexity index is 489. The second kappa shape index (κ2) is 5.55. The van der Waals surface area contributed by atoms with E-state index in [1.54, 1.807) is 24.3 Å². The Kier molecular flexibility index (Phi) is 4.36. The van der Waals surface area contributed by atoms with Gasteiger partial charge in [0.15, 0.2) is 0 Å². The van der Waals surface area contributed by atoms with Crippen LogP contribution in [0.3, 0.4) is 0 Å². The van der Waals surface area contributed by atoms with E-state index < -0.39 is 5.91 Å². The standard InChI is InChI=1S/C11H8Cl2N2O/c1-15-11(16)8(6-14)5-7-3-2-4-9(12)10(7)13/h2-5H,1H3,(H,15,16)/b8-5+. The second-order valence-corrected chi connectivity index (χ2v) is 3.68. The average molecular weight is 255 g/mol. The summed E-state index contributed by atoms with van der Waals surface area (Å²) >= 11 is 11.7. The average Bonchev–Trinajstić information content (AvgIpc) is 2.30. The summed E-state index contributed by atoms with van der Waals surface area (Å²) in [5, 5.41) is 11.9. The van der Waals surface area contributed by atoms with Gasteiger partial charge in [0.1, 0.15) is 11.6 Å². The van der Waals surface area contributed by atoms with Crippen molar-refractivity contribution in [2.75, 3.05) is 7.05 Å². The number of nitriles is 1. The van der Waals surface area contributed by atoms with Crippen molar-refractivity contribution in [3.05, 3.63) is 39.4 Å². The smallest absolute Gasteiger partial charge is 0.261 e. The number of hydrogen-bond acceptors (Lipinski definition) is 2. The van der Waals surface area contributed by atoms with Crippen LogP contribution in [0.1, 0.15) is 5.56 Å². The molecule has 0 heterocycles. The fourth-order valence-corrected chi connectivity index (χ4v) is 1.43. The lowest BCUT2D eigenvalue weighted by Crippen LogP contribution is -2.19. The number of likely N-dealkylation sites (N-methyl/N-ethyl adjacent to an activating group) is 1. The number of carbonyl (C=O) groups excluding carboxylic acids is 1. The summed E-state index contributed by atoms with van der Waals surface area (Å²) in [5.41, 5.74) is 0.515. The van der Waals surface area contributed by atoms with Crippen LogP contribution in [0.25, 0.3) is 6.08 Å². The lowest BCUT2D eigenvalue weighted by atomic mass is 10.1. The van der Waals surface area contributed by atoms with Gasteiger partial charge in [0.05, 0.1) is 10.0 Å². The van der Waals surface area contributed by atoms with E-state index >= 15 is 0 Å². The minimum Gasteiger partial charge on any atom is -0.354 e. The Hall–Kier alpha value is -1.50. The lowest BCUT2D eigenvalue weighted by molar-refractivity contribution is -0.116. The van der Waals surface area contributed by atoms with Crippen LogP contribution in [0.2, 0.25) is 10.0 Å². The third-order valence-corrected chi connectivity index (χ3v) is 2.71. The Balaban J connectivity index is 3.20. The topological polar surface area (TPSA) is 52.9 Å². The van der Waals surface area contributed by atoms with E-state index in [1.807, 2.05) is 0 Å². The van der Waals surface area contributed by atoms with E-state index in [0.717, 1.165) is 0 Å². The molecule has 0 fully saturated rings. The summed E-state index contributed by atoms with van der Waals surface area (Å²) in [6.45, 7) is 0. The van der Waals surface area contributed by atoms with Gasteiger partial charge in [0, 0.05) is 7.05 Å². The molecule has 5 heteroatoms. The summed E-state index contributed by atoms with van der Waals surface area (Å²) in [6, 6.07) is 6.80. The first kappa shape index (κ1) is 12.6. The highest BCUT2D eigenvalue weighted by molar-refractivity contribution is 6.43. The molecule has 1 rings (SSSR count). The number of amides is 1. The summed E-state index contributed by atoms with van der Waals surface area (Å²) in [6.07, 6.45) is 1.40. The maximum absolute atomic E-state index is 11.3. The second-order valence-electron chi connectivity index (χ2n) is 2.89. The highest BCUT2D eigenvalue weighted by Crippen LogP contribution is 2.27. The molecule has 16 heavy (non-hydrogen) atoms. The molecule has 0 aliphatic carbocycles. The van der Waals surface area contributed by atoms with Gasteiger partial charge in [0.25, 0.3) is 5.91 Å². The monoisotopic (exact) mass is 254 g/mol. The molecule has 0 saturated carbocycles. The van der Waals surface area contributed by atoms with Crippen LogP contribution >= 0.6 is 23.2 Å². The number of nitrogens with zero attached hydrogens (tertiary/aromatic N) is 1. The Morgan fingerprint density at radius 2 is 2.19 bits per heavy atom. The number of rotatable bonds is 2. The fourth-order valence-electron chi connectivity index (χ4n) is 1.07. The number of halogens is 2. The largest absolute Gasteiger partial charge is 0.354 e. The van der Waals surface area contributed by atoms with Gasteiger partial charge in [-0.15, -0.1) is 0 Å². The van der Waals surface area contributed by atoms with Crippen LogP contribution in [0.5, 0.6) is 0 Å².